The number of likely N-dealkylation sites (N-methyl/N-ethyl adjacent to an activating group) is 1. The van der Waals surface area contributed by atoms with Gasteiger partial charge in [0.15, 0.2) is 0 Å². The summed E-state index contributed by atoms with van der Waals surface area (Å²) in [6, 6.07) is 1.61. The first-order chi connectivity index (χ1) is 9.81. The number of unbranched alkanes of at least 4 members (excludes halogenated alkanes) is 6. The Morgan fingerprint density at radius 3 is 2.65 bits per heavy atom. The van der Waals surface area contributed by atoms with Crippen LogP contribution >= 0.6 is 0 Å². The number of hydrogen-bond acceptors (Lipinski definition) is 1. The molecule has 0 spiro atoms. The zero-order valence-electron chi connectivity index (χ0n) is 13.4. The van der Waals surface area contributed by atoms with Crippen molar-refractivity contribution in [2.24, 2.45) is 0 Å². The van der Waals surface area contributed by atoms with Crippen LogP contribution in [0.3, 0.4) is 0 Å². The van der Waals surface area contributed by atoms with Crippen LogP contribution < -0.4 is 0 Å². The summed E-state index contributed by atoms with van der Waals surface area (Å²) >= 11 is 0. The highest BCUT2D eigenvalue weighted by molar-refractivity contribution is 5.15. The van der Waals surface area contributed by atoms with Crippen molar-refractivity contribution in [3.63, 3.8) is 0 Å². The molecule has 0 saturated carbocycles. The second kappa shape index (κ2) is 8.67. The lowest BCUT2D eigenvalue weighted by atomic mass is 9.84. The van der Waals surface area contributed by atoms with Gasteiger partial charge in [0.2, 0.25) is 0 Å². The van der Waals surface area contributed by atoms with E-state index in [1.165, 1.54) is 77.0 Å². The van der Waals surface area contributed by atoms with E-state index in [9.17, 15) is 0 Å². The first-order valence-corrected chi connectivity index (χ1v) is 8.83. The Balaban J connectivity index is 1.57. The maximum absolute atomic E-state index is 3.78. The molecule has 2 unspecified atom stereocenters. The Bertz CT molecular complexity index is 318. The summed E-state index contributed by atoms with van der Waals surface area (Å²) < 4.78 is 0. The van der Waals surface area contributed by atoms with Gasteiger partial charge < -0.3 is 0 Å². The van der Waals surface area contributed by atoms with Crippen molar-refractivity contribution in [3.8, 4) is 0 Å². The second-order valence-electron chi connectivity index (χ2n) is 6.80. The van der Waals surface area contributed by atoms with Crippen LogP contribution in [0.5, 0.6) is 0 Å². The molecule has 0 aliphatic carbocycles. The largest absolute Gasteiger partial charge is 0.297 e. The lowest BCUT2D eigenvalue weighted by molar-refractivity contribution is 0.128. The first kappa shape index (κ1) is 15.8. The maximum Gasteiger partial charge on any atom is 0.0280 e. The fourth-order valence-corrected chi connectivity index (χ4v) is 3.86. The van der Waals surface area contributed by atoms with Crippen LogP contribution in [0.1, 0.15) is 77.0 Å². The molecule has 0 N–H and O–H groups in total. The normalized spacial score (nSPS) is 26.4. The van der Waals surface area contributed by atoms with Crippen molar-refractivity contribution in [3.05, 3.63) is 24.3 Å². The smallest absolute Gasteiger partial charge is 0.0280 e. The summed E-state index contributed by atoms with van der Waals surface area (Å²) in [6.07, 6.45) is 21.2. The van der Waals surface area contributed by atoms with Gasteiger partial charge in [-0.15, -0.1) is 6.58 Å². The fourth-order valence-electron chi connectivity index (χ4n) is 3.86. The Morgan fingerprint density at radius 2 is 1.90 bits per heavy atom. The summed E-state index contributed by atoms with van der Waals surface area (Å²) in [5.74, 6) is 0. The molecule has 2 aliphatic heterocycles. The molecule has 0 amide bonds. The highest BCUT2D eigenvalue weighted by Crippen LogP contribution is 2.33. The van der Waals surface area contributed by atoms with Gasteiger partial charge in [0.25, 0.3) is 0 Å². The molecule has 2 atom stereocenters. The zero-order valence-corrected chi connectivity index (χ0v) is 13.4. The summed E-state index contributed by atoms with van der Waals surface area (Å²) in [7, 11) is 2.32. The zero-order chi connectivity index (χ0) is 14.2. The quantitative estimate of drug-likeness (QED) is 0.398. The fraction of sp³-hybridized carbons (Fsp3) is 0.789. The van der Waals surface area contributed by atoms with E-state index < -0.39 is 0 Å². The number of rotatable bonds is 9. The molecule has 0 aromatic heterocycles. The molecule has 0 aromatic carbocycles. The Labute approximate surface area is 126 Å². The van der Waals surface area contributed by atoms with E-state index in [1.54, 1.807) is 5.57 Å². The van der Waals surface area contributed by atoms with E-state index in [2.05, 4.69) is 24.6 Å². The van der Waals surface area contributed by atoms with Gasteiger partial charge in [-0.25, -0.2) is 0 Å². The predicted molar refractivity (Wildman–Crippen MR) is 89.0 cm³/mol. The number of fused-ring (bicyclic) bond motifs is 2. The van der Waals surface area contributed by atoms with Gasteiger partial charge in [-0.2, -0.15) is 0 Å². The maximum atomic E-state index is 3.78. The third kappa shape index (κ3) is 4.77. The molecule has 1 nitrogen and oxygen atoms in total. The molecule has 114 valence electrons. The minimum atomic E-state index is 0.761. The SMILES string of the molecule is C=CCCCCCCCCC1=CC2CCCC(C1)N2C. The van der Waals surface area contributed by atoms with Crippen LogP contribution in [-0.2, 0) is 0 Å². The first-order valence-electron chi connectivity index (χ1n) is 8.83. The summed E-state index contributed by atoms with van der Waals surface area (Å²) in [5, 5.41) is 0. The lowest BCUT2D eigenvalue weighted by Gasteiger charge is -2.42. The molecule has 1 fully saturated rings. The third-order valence-electron chi connectivity index (χ3n) is 5.22. The van der Waals surface area contributed by atoms with Crippen molar-refractivity contribution in [2.75, 3.05) is 7.05 Å². The molecule has 1 heteroatoms. The number of hydrogen-bond donors (Lipinski definition) is 0. The monoisotopic (exact) mass is 275 g/mol. The van der Waals surface area contributed by atoms with Crippen molar-refractivity contribution < 1.29 is 0 Å². The summed E-state index contributed by atoms with van der Waals surface area (Å²) in [5.41, 5.74) is 1.77. The molecule has 1 saturated heterocycles. The van der Waals surface area contributed by atoms with E-state index in [-0.39, 0.29) is 0 Å². The highest BCUT2D eigenvalue weighted by atomic mass is 15.2. The second-order valence-corrected chi connectivity index (χ2v) is 6.80. The average Bonchev–Trinajstić information content (AvgIpc) is 2.42. The standard InChI is InChI=1S/C19H33N/c1-3-4-5-6-7-8-9-10-12-17-15-18-13-11-14-19(16-17)20(18)2/h3,15,18-19H,1,4-14,16H2,2H3. The van der Waals surface area contributed by atoms with Crippen molar-refractivity contribution in [1.29, 1.82) is 0 Å². The minimum absolute atomic E-state index is 0.761. The van der Waals surface area contributed by atoms with E-state index in [0.29, 0.717) is 0 Å². The van der Waals surface area contributed by atoms with Crippen molar-refractivity contribution in [1.82, 2.24) is 4.90 Å². The van der Waals surface area contributed by atoms with Crippen molar-refractivity contribution in [2.45, 2.75) is 89.1 Å². The molecule has 0 radical (unpaired) electrons. The predicted octanol–water partition coefficient (Wildman–Crippen LogP) is 5.48. The van der Waals surface area contributed by atoms with Gasteiger partial charge in [0.1, 0.15) is 0 Å². The molecular formula is C19H33N. The van der Waals surface area contributed by atoms with Crippen LogP contribution in [0.2, 0.25) is 0 Å². The molecular weight excluding hydrogens is 242 g/mol. The van der Waals surface area contributed by atoms with E-state index in [4.69, 9.17) is 0 Å². The van der Waals surface area contributed by atoms with E-state index in [0.717, 1.165) is 12.1 Å². The third-order valence-corrected chi connectivity index (χ3v) is 5.22. The number of nitrogens with zero attached hydrogens (tertiary/aromatic N) is 1. The van der Waals surface area contributed by atoms with Crippen LogP contribution in [0.25, 0.3) is 0 Å². The van der Waals surface area contributed by atoms with Crippen molar-refractivity contribution >= 4 is 0 Å². The van der Waals surface area contributed by atoms with E-state index >= 15 is 0 Å². The molecule has 2 rings (SSSR count). The molecule has 0 aromatic rings. The Kier molecular flexibility index (Phi) is 6.86. The summed E-state index contributed by atoms with van der Waals surface area (Å²) in [4.78, 5) is 2.62. The summed E-state index contributed by atoms with van der Waals surface area (Å²) in [6.45, 7) is 3.78. The highest BCUT2D eigenvalue weighted by Gasteiger charge is 2.30. The van der Waals surface area contributed by atoms with Gasteiger partial charge in [-0.05, 0) is 52.0 Å². The van der Waals surface area contributed by atoms with Gasteiger partial charge >= 0.3 is 0 Å². The molecule has 2 bridgehead atoms. The Hall–Kier alpha value is -0.560. The number of allylic oxidation sites excluding steroid dienone is 1. The average molecular weight is 275 g/mol. The Morgan fingerprint density at radius 1 is 1.15 bits per heavy atom. The van der Waals surface area contributed by atoms with E-state index in [1.807, 2.05) is 6.08 Å². The van der Waals surface area contributed by atoms with Crippen LogP contribution in [0.15, 0.2) is 24.3 Å². The van der Waals surface area contributed by atoms with Crippen LogP contribution in [0.4, 0.5) is 0 Å². The molecule has 20 heavy (non-hydrogen) atoms. The van der Waals surface area contributed by atoms with Gasteiger partial charge in [0, 0.05) is 12.1 Å². The number of piperidine rings is 1. The van der Waals surface area contributed by atoms with Gasteiger partial charge in [-0.3, -0.25) is 4.90 Å². The van der Waals surface area contributed by atoms with Gasteiger partial charge in [-0.1, -0.05) is 49.8 Å². The lowest BCUT2D eigenvalue weighted by Crippen LogP contribution is -2.45. The minimum Gasteiger partial charge on any atom is -0.297 e. The topological polar surface area (TPSA) is 3.24 Å². The van der Waals surface area contributed by atoms with Crippen LogP contribution in [-0.4, -0.2) is 24.0 Å². The van der Waals surface area contributed by atoms with Gasteiger partial charge in [0.05, 0.1) is 0 Å². The van der Waals surface area contributed by atoms with Crippen LogP contribution in [0, 0.1) is 0 Å². The molecule has 2 heterocycles. The molecule has 2 aliphatic rings.